The number of allylic oxidation sites excluding steroid dienone is 1. The number of nitrogens with one attached hydrogen (secondary N) is 1. The van der Waals surface area contributed by atoms with Gasteiger partial charge in [-0.05, 0) is 20.3 Å². The molecule has 6 nitrogen and oxygen atoms in total. The maximum atomic E-state index is 12.3. The van der Waals surface area contributed by atoms with Gasteiger partial charge in [-0.25, -0.2) is 13.4 Å². The molecule has 2 fully saturated rings. The van der Waals surface area contributed by atoms with Crippen LogP contribution < -0.4 is 0 Å². The van der Waals surface area contributed by atoms with Crippen LogP contribution in [0.3, 0.4) is 0 Å². The van der Waals surface area contributed by atoms with Crippen LogP contribution in [0.1, 0.15) is 45.1 Å². The molecule has 2 aliphatic rings. The Labute approximate surface area is 157 Å². The summed E-state index contributed by atoms with van der Waals surface area (Å²) in [7, 11) is -2.96. The van der Waals surface area contributed by atoms with E-state index >= 15 is 0 Å². The predicted octanol–water partition coefficient (Wildman–Crippen LogP) is 2.00. The van der Waals surface area contributed by atoms with E-state index in [9.17, 15) is 8.42 Å². The summed E-state index contributed by atoms with van der Waals surface area (Å²) < 4.78 is 24.6. The van der Waals surface area contributed by atoms with Gasteiger partial charge in [0.25, 0.3) is 0 Å². The number of piperazine rings is 1. The number of aryl methyl sites for hydroxylation is 1. The normalized spacial score (nSPS) is 26.0. The molecule has 0 radical (unpaired) electrons. The molecule has 1 aromatic rings. The molecule has 3 heterocycles. The maximum Gasteiger partial charge on any atom is 0.153 e. The molecule has 0 unspecified atom stereocenters. The van der Waals surface area contributed by atoms with E-state index in [-0.39, 0.29) is 23.6 Å². The lowest BCUT2D eigenvalue weighted by Crippen LogP contribution is -2.58. The third-order valence-electron chi connectivity index (χ3n) is 5.46. The van der Waals surface area contributed by atoms with E-state index in [2.05, 4.69) is 46.6 Å². The lowest BCUT2D eigenvalue weighted by atomic mass is 10.0. The largest absolute Gasteiger partial charge is 0.345 e. The van der Waals surface area contributed by atoms with Gasteiger partial charge in [-0.1, -0.05) is 25.0 Å². The van der Waals surface area contributed by atoms with Crippen molar-refractivity contribution in [2.24, 2.45) is 0 Å². The van der Waals surface area contributed by atoms with Gasteiger partial charge in [-0.15, -0.1) is 0 Å². The SMILES string of the molecule is CCCCc1ncc(CN2CCN(CC=C(C)C)[C@@H]3CS(=O)(=O)C[C@@H]32)[nH]1. The summed E-state index contributed by atoms with van der Waals surface area (Å²) in [6.45, 7) is 9.78. The lowest BCUT2D eigenvalue weighted by Gasteiger charge is -2.43. The monoisotopic (exact) mass is 380 g/mol. The minimum atomic E-state index is -2.96. The van der Waals surface area contributed by atoms with Gasteiger partial charge in [0.15, 0.2) is 9.84 Å². The highest BCUT2D eigenvalue weighted by atomic mass is 32.2. The van der Waals surface area contributed by atoms with Crippen LogP contribution in [0.5, 0.6) is 0 Å². The van der Waals surface area contributed by atoms with Crippen LogP contribution >= 0.6 is 0 Å². The number of imidazole rings is 1. The fourth-order valence-electron chi connectivity index (χ4n) is 4.00. The van der Waals surface area contributed by atoms with Crippen molar-refractivity contribution >= 4 is 9.84 Å². The van der Waals surface area contributed by atoms with Gasteiger partial charge in [0.05, 0.1) is 11.5 Å². The number of rotatable bonds is 7. The van der Waals surface area contributed by atoms with Crippen molar-refractivity contribution in [3.8, 4) is 0 Å². The number of hydrogen-bond donors (Lipinski definition) is 1. The van der Waals surface area contributed by atoms with E-state index in [0.29, 0.717) is 0 Å². The van der Waals surface area contributed by atoms with E-state index in [1.165, 1.54) is 5.57 Å². The van der Waals surface area contributed by atoms with Crippen molar-refractivity contribution in [3.63, 3.8) is 0 Å². The Balaban J connectivity index is 1.69. The average Bonchev–Trinajstić information content (AvgIpc) is 3.15. The topological polar surface area (TPSA) is 69.3 Å². The van der Waals surface area contributed by atoms with E-state index < -0.39 is 9.84 Å². The number of fused-ring (bicyclic) bond motifs is 1. The van der Waals surface area contributed by atoms with Crippen molar-refractivity contribution in [2.75, 3.05) is 31.1 Å². The zero-order valence-electron chi connectivity index (χ0n) is 16.2. The molecule has 7 heteroatoms. The van der Waals surface area contributed by atoms with E-state index in [0.717, 1.165) is 57.0 Å². The van der Waals surface area contributed by atoms with Gasteiger partial charge in [0.1, 0.15) is 5.82 Å². The molecule has 0 amide bonds. The van der Waals surface area contributed by atoms with Crippen molar-refractivity contribution in [1.29, 1.82) is 0 Å². The predicted molar refractivity (Wildman–Crippen MR) is 105 cm³/mol. The first-order chi connectivity index (χ1) is 12.4. The summed E-state index contributed by atoms with van der Waals surface area (Å²) in [5.41, 5.74) is 2.37. The third-order valence-corrected chi connectivity index (χ3v) is 7.16. The second-order valence-corrected chi connectivity index (χ2v) is 10.1. The summed E-state index contributed by atoms with van der Waals surface area (Å²) >= 11 is 0. The highest BCUT2D eigenvalue weighted by molar-refractivity contribution is 7.91. The van der Waals surface area contributed by atoms with Gasteiger partial charge >= 0.3 is 0 Å². The average molecular weight is 381 g/mol. The lowest BCUT2D eigenvalue weighted by molar-refractivity contribution is 0.0470. The molecule has 2 atom stereocenters. The van der Waals surface area contributed by atoms with Gasteiger partial charge in [0, 0.05) is 56.6 Å². The molecule has 26 heavy (non-hydrogen) atoms. The Hall–Kier alpha value is -1.18. The van der Waals surface area contributed by atoms with Gasteiger partial charge in [-0.2, -0.15) is 0 Å². The molecule has 0 saturated carbocycles. The molecular formula is C19H32N4O2S. The third kappa shape index (κ3) is 4.75. The number of aromatic nitrogens is 2. The number of hydrogen-bond acceptors (Lipinski definition) is 5. The summed E-state index contributed by atoms with van der Waals surface area (Å²) in [6, 6.07) is 0.188. The fraction of sp³-hybridized carbons (Fsp3) is 0.737. The molecule has 146 valence electrons. The zero-order chi connectivity index (χ0) is 18.7. The van der Waals surface area contributed by atoms with Crippen LogP contribution in [0.15, 0.2) is 17.8 Å². The Morgan fingerprint density at radius 1 is 1.27 bits per heavy atom. The maximum absolute atomic E-state index is 12.3. The number of sulfone groups is 1. The standard InChI is InChI=1S/C19H32N4O2S/c1-4-5-6-19-20-11-16(21-19)12-23-10-9-22(8-7-15(2)3)17-13-26(24,25)14-18(17)23/h7,11,17-18H,4-6,8-10,12-14H2,1-3H3,(H,20,21)/t17-,18+/m1/s1. The first-order valence-electron chi connectivity index (χ1n) is 9.72. The zero-order valence-corrected chi connectivity index (χ0v) is 17.1. The van der Waals surface area contributed by atoms with Crippen molar-refractivity contribution < 1.29 is 8.42 Å². The summed E-state index contributed by atoms with van der Waals surface area (Å²) in [5, 5.41) is 0. The molecule has 0 aliphatic carbocycles. The van der Waals surface area contributed by atoms with Gasteiger partial charge in [0.2, 0.25) is 0 Å². The van der Waals surface area contributed by atoms with Crippen molar-refractivity contribution in [2.45, 2.75) is 58.7 Å². The smallest absolute Gasteiger partial charge is 0.153 e. The summed E-state index contributed by atoms with van der Waals surface area (Å²) in [4.78, 5) is 12.6. The fourth-order valence-corrected chi connectivity index (χ4v) is 6.04. The Kier molecular flexibility index (Phi) is 6.20. The van der Waals surface area contributed by atoms with E-state index in [1.807, 2.05) is 6.20 Å². The number of aromatic amines is 1. The molecule has 1 aromatic heterocycles. The Morgan fingerprint density at radius 3 is 2.65 bits per heavy atom. The van der Waals surface area contributed by atoms with Crippen LogP contribution in [-0.4, -0.2) is 71.4 Å². The number of nitrogens with zero attached hydrogens (tertiary/aromatic N) is 3. The Morgan fingerprint density at radius 2 is 1.96 bits per heavy atom. The molecule has 0 spiro atoms. The van der Waals surface area contributed by atoms with Crippen LogP contribution in [0.4, 0.5) is 0 Å². The quantitative estimate of drug-likeness (QED) is 0.733. The molecular weight excluding hydrogens is 348 g/mol. The molecule has 0 aromatic carbocycles. The van der Waals surface area contributed by atoms with E-state index in [1.54, 1.807) is 0 Å². The second-order valence-electron chi connectivity index (χ2n) is 7.92. The first kappa shape index (κ1) is 19.6. The molecule has 2 saturated heterocycles. The highest BCUT2D eigenvalue weighted by Crippen LogP contribution is 2.28. The highest BCUT2D eigenvalue weighted by Gasteiger charge is 2.46. The van der Waals surface area contributed by atoms with Gasteiger partial charge < -0.3 is 4.98 Å². The van der Waals surface area contributed by atoms with Crippen molar-refractivity contribution in [1.82, 2.24) is 19.8 Å². The Bertz CT molecular complexity index is 736. The second kappa shape index (κ2) is 8.23. The number of unbranched alkanes of at least 4 members (excludes halogenated alkanes) is 1. The van der Waals surface area contributed by atoms with Crippen molar-refractivity contribution in [3.05, 3.63) is 29.4 Å². The summed E-state index contributed by atoms with van der Waals surface area (Å²) in [6.07, 6.45) is 7.39. The number of H-pyrrole nitrogens is 1. The minimum absolute atomic E-state index is 0.0849. The van der Waals surface area contributed by atoms with Crippen LogP contribution in [0, 0.1) is 0 Å². The molecule has 1 N–H and O–H groups in total. The molecule has 3 rings (SSSR count). The van der Waals surface area contributed by atoms with Crippen LogP contribution in [0.25, 0.3) is 0 Å². The summed E-state index contributed by atoms with van der Waals surface area (Å²) in [5.74, 6) is 1.61. The van der Waals surface area contributed by atoms with Gasteiger partial charge in [-0.3, -0.25) is 9.80 Å². The molecule has 0 bridgehead atoms. The van der Waals surface area contributed by atoms with E-state index in [4.69, 9.17) is 0 Å². The molecule has 2 aliphatic heterocycles. The first-order valence-corrected chi connectivity index (χ1v) is 11.5. The van der Waals surface area contributed by atoms with Crippen LogP contribution in [0.2, 0.25) is 0 Å². The van der Waals surface area contributed by atoms with Crippen LogP contribution in [-0.2, 0) is 22.8 Å². The minimum Gasteiger partial charge on any atom is -0.345 e.